The van der Waals surface area contributed by atoms with E-state index in [9.17, 15) is 18.0 Å². The maximum atomic E-state index is 13.0. The standard InChI is InChI=1S/C18H15F3N6O.C5H11N/c1-8-6-23-17-24-10(7-27(17)9(8)2)3-15-25-14-5-13(22)12(18(19,20)21)4-11(14)16(28)26-15;1-6-4-2-3-5-6/h4-7H,3,22H2,1-2H3,(H,25,26,28);2-5H2,1H3. The molecule has 1 aliphatic rings. The SMILES string of the molecule is CN1CCCC1.Cc1cnc2nc(Cc3nc4cc(N)c(C(F)(F)F)cc4c(=O)[nH]3)cn2c1C. The van der Waals surface area contributed by atoms with Crippen LogP contribution in [-0.2, 0) is 12.6 Å². The van der Waals surface area contributed by atoms with Crippen LogP contribution in [0.25, 0.3) is 16.7 Å². The van der Waals surface area contributed by atoms with Gasteiger partial charge in [0.1, 0.15) is 5.82 Å². The van der Waals surface area contributed by atoms with E-state index in [0.29, 0.717) is 11.5 Å². The number of nitrogens with two attached hydrogens (primary N) is 1. The summed E-state index contributed by atoms with van der Waals surface area (Å²) in [6.45, 7) is 6.51. The molecular formula is C23H26F3N7O. The second-order valence-electron chi connectivity index (χ2n) is 8.58. The number of halogens is 3. The molecule has 5 rings (SSSR count). The van der Waals surface area contributed by atoms with Crippen molar-refractivity contribution in [2.24, 2.45) is 0 Å². The second-order valence-corrected chi connectivity index (χ2v) is 8.58. The molecule has 4 heterocycles. The van der Waals surface area contributed by atoms with Crippen LogP contribution in [0.15, 0.2) is 29.3 Å². The second kappa shape index (κ2) is 9.05. The van der Waals surface area contributed by atoms with Gasteiger partial charge in [-0.25, -0.2) is 15.0 Å². The van der Waals surface area contributed by atoms with Gasteiger partial charge in [-0.05, 0) is 64.5 Å². The number of rotatable bonds is 2. The number of hydrogen-bond donors (Lipinski definition) is 2. The first-order valence-electron chi connectivity index (χ1n) is 10.9. The Balaban J connectivity index is 0.000000398. The normalized spacial score (nSPS) is 14.5. The monoisotopic (exact) mass is 473 g/mol. The van der Waals surface area contributed by atoms with Crippen LogP contribution in [0.2, 0.25) is 0 Å². The number of aromatic nitrogens is 5. The molecule has 0 atom stereocenters. The predicted octanol–water partition coefficient (Wildman–Crippen LogP) is 3.49. The molecule has 0 amide bonds. The molecule has 0 radical (unpaired) electrons. The summed E-state index contributed by atoms with van der Waals surface area (Å²) in [5, 5.41) is -0.173. The van der Waals surface area contributed by atoms with Crippen LogP contribution in [0.1, 0.15) is 41.2 Å². The van der Waals surface area contributed by atoms with Crippen LogP contribution >= 0.6 is 0 Å². The number of aromatic amines is 1. The Morgan fingerprint density at radius 1 is 1.15 bits per heavy atom. The number of fused-ring (bicyclic) bond motifs is 2. The van der Waals surface area contributed by atoms with Crippen molar-refractivity contribution >= 4 is 22.4 Å². The lowest BCUT2D eigenvalue weighted by Gasteiger charge is -2.11. The van der Waals surface area contributed by atoms with Gasteiger partial charge in [0.05, 0.1) is 22.2 Å². The van der Waals surface area contributed by atoms with Gasteiger partial charge in [-0.1, -0.05) is 0 Å². The van der Waals surface area contributed by atoms with Crippen molar-refractivity contribution in [2.75, 3.05) is 25.9 Å². The average Bonchev–Trinajstić information content (AvgIpc) is 3.39. The zero-order valence-electron chi connectivity index (χ0n) is 19.2. The Morgan fingerprint density at radius 3 is 2.47 bits per heavy atom. The van der Waals surface area contributed by atoms with Gasteiger partial charge in [0.25, 0.3) is 5.56 Å². The summed E-state index contributed by atoms with van der Waals surface area (Å²) in [5.41, 5.74) is 6.00. The van der Waals surface area contributed by atoms with Gasteiger partial charge < -0.3 is 15.6 Å². The van der Waals surface area contributed by atoms with E-state index >= 15 is 0 Å². The zero-order chi connectivity index (χ0) is 24.6. The van der Waals surface area contributed by atoms with Crippen molar-refractivity contribution in [3.8, 4) is 0 Å². The fourth-order valence-electron chi connectivity index (χ4n) is 3.91. The van der Waals surface area contributed by atoms with Gasteiger partial charge in [-0.3, -0.25) is 9.20 Å². The topological polar surface area (TPSA) is 105 Å². The maximum absolute atomic E-state index is 13.0. The van der Waals surface area contributed by atoms with Crippen molar-refractivity contribution in [1.29, 1.82) is 0 Å². The van der Waals surface area contributed by atoms with Crippen LogP contribution in [0.5, 0.6) is 0 Å². The summed E-state index contributed by atoms with van der Waals surface area (Å²) < 4.78 is 40.9. The first-order chi connectivity index (χ1) is 16.0. The molecule has 3 N–H and O–H groups in total. The molecule has 0 saturated carbocycles. The van der Waals surface area contributed by atoms with Gasteiger partial charge in [0.15, 0.2) is 0 Å². The average molecular weight is 474 g/mol. The minimum absolute atomic E-state index is 0.0955. The maximum Gasteiger partial charge on any atom is 0.418 e. The van der Waals surface area contributed by atoms with Gasteiger partial charge >= 0.3 is 6.18 Å². The van der Waals surface area contributed by atoms with Crippen LogP contribution in [0, 0.1) is 13.8 Å². The van der Waals surface area contributed by atoms with E-state index in [1.165, 1.54) is 25.9 Å². The number of alkyl halides is 3. The third-order valence-electron chi connectivity index (χ3n) is 5.95. The number of nitrogens with zero attached hydrogens (tertiary/aromatic N) is 5. The molecule has 11 heteroatoms. The van der Waals surface area contributed by atoms with Gasteiger partial charge in [0, 0.05) is 30.2 Å². The number of aryl methyl sites for hydroxylation is 2. The van der Waals surface area contributed by atoms with Crippen LogP contribution < -0.4 is 11.3 Å². The third-order valence-corrected chi connectivity index (χ3v) is 5.95. The lowest BCUT2D eigenvalue weighted by molar-refractivity contribution is -0.136. The van der Waals surface area contributed by atoms with Gasteiger partial charge in [0.2, 0.25) is 5.78 Å². The molecule has 0 unspecified atom stereocenters. The number of anilines is 1. The first kappa shape index (κ1) is 23.7. The van der Waals surface area contributed by atoms with Crippen LogP contribution in [-0.4, -0.2) is 49.4 Å². The minimum Gasteiger partial charge on any atom is -0.398 e. The van der Waals surface area contributed by atoms with E-state index < -0.39 is 23.0 Å². The van der Waals surface area contributed by atoms with Crippen molar-refractivity contribution < 1.29 is 13.2 Å². The van der Waals surface area contributed by atoms with Crippen molar-refractivity contribution in [2.45, 2.75) is 39.3 Å². The lowest BCUT2D eigenvalue weighted by Crippen LogP contribution is -2.15. The van der Waals surface area contributed by atoms with Gasteiger partial charge in [-0.2, -0.15) is 13.2 Å². The fraction of sp³-hybridized carbons (Fsp3) is 0.391. The third kappa shape index (κ3) is 4.89. The van der Waals surface area contributed by atoms with E-state index in [1.807, 2.05) is 18.2 Å². The summed E-state index contributed by atoms with van der Waals surface area (Å²) >= 11 is 0. The lowest BCUT2D eigenvalue weighted by atomic mass is 10.1. The molecular weight excluding hydrogens is 447 g/mol. The molecule has 1 aromatic carbocycles. The first-order valence-corrected chi connectivity index (χ1v) is 10.9. The minimum atomic E-state index is -4.65. The number of nitrogens with one attached hydrogen (secondary N) is 1. The summed E-state index contributed by atoms with van der Waals surface area (Å²) in [6.07, 6.45) is 1.87. The Morgan fingerprint density at radius 2 is 1.85 bits per heavy atom. The smallest absolute Gasteiger partial charge is 0.398 e. The number of imidazole rings is 1. The fourth-order valence-corrected chi connectivity index (χ4v) is 3.91. The van der Waals surface area contributed by atoms with E-state index in [-0.39, 0.29) is 23.1 Å². The highest BCUT2D eigenvalue weighted by atomic mass is 19.4. The molecule has 0 aliphatic carbocycles. The number of nitrogen functional groups attached to an aromatic ring is 1. The zero-order valence-corrected chi connectivity index (χ0v) is 19.2. The van der Waals surface area contributed by atoms with Crippen molar-refractivity contribution in [1.82, 2.24) is 29.2 Å². The number of likely N-dealkylation sites (tertiary alicyclic amines) is 1. The summed E-state index contributed by atoms with van der Waals surface area (Å²) in [5.74, 6) is 0.787. The Hall–Kier alpha value is -3.47. The molecule has 1 saturated heterocycles. The number of hydrogen-bond acceptors (Lipinski definition) is 6. The number of H-pyrrole nitrogens is 1. The molecule has 34 heavy (non-hydrogen) atoms. The highest BCUT2D eigenvalue weighted by molar-refractivity contribution is 5.83. The van der Waals surface area contributed by atoms with E-state index in [2.05, 4.69) is 31.9 Å². The summed E-state index contributed by atoms with van der Waals surface area (Å²) in [4.78, 5) is 30.1. The Bertz CT molecular complexity index is 1400. The molecule has 3 aromatic heterocycles. The molecule has 1 fully saturated rings. The number of benzene rings is 1. The van der Waals surface area contributed by atoms with E-state index in [4.69, 9.17) is 5.73 Å². The predicted molar refractivity (Wildman–Crippen MR) is 124 cm³/mol. The molecule has 4 aromatic rings. The van der Waals surface area contributed by atoms with Crippen molar-refractivity contribution in [3.05, 3.63) is 63.2 Å². The Labute approximate surface area is 193 Å². The molecule has 0 spiro atoms. The van der Waals surface area contributed by atoms with Crippen LogP contribution in [0.4, 0.5) is 18.9 Å². The Kier molecular flexibility index (Phi) is 6.30. The van der Waals surface area contributed by atoms with Crippen molar-refractivity contribution in [3.63, 3.8) is 0 Å². The highest BCUT2D eigenvalue weighted by Crippen LogP contribution is 2.35. The van der Waals surface area contributed by atoms with E-state index in [0.717, 1.165) is 23.4 Å². The quantitative estimate of drug-likeness (QED) is 0.432. The highest BCUT2D eigenvalue weighted by Gasteiger charge is 2.33. The van der Waals surface area contributed by atoms with Crippen LogP contribution in [0.3, 0.4) is 0 Å². The largest absolute Gasteiger partial charge is 0.418 e. The summed E-state index contributed by atoms with van der Waals surface area (Å²) in [6, 6.07) is 1.79. The molecule has 180 valence electrons. The molecule has 8 nitrogen and oxygen atoms in total. The molecule has 1 aliphatic heterocycles. The van der Waals surface area contributed by atoms with Gasteiger partial charge in [-0.15, -0.1) is 0 Å². The molecule has 0 bridgehead atoms. The summed E-state index contributed by atoms with van der Waals surface area (Å²) in [7, 11) is 2.17. The van der Waals surface area contributed by atoms with E-state index in [1.54, 1.807) is 12.4 Å².